The summed E-state index contributed by atoms with van der Waals surface area (Å²) < 4.78 is 2.19. The second-order valence-electron chi connectivity index (χ2n) is 4.70. The zero-order valence-corrected chi connectivity index (χ0v) is 12.3. The summed E-state index contributed by atoms with van der Waals surface area (Å²) >= 11 is 12.4. The van der Waals surface area contributed by atoms with E-state index in [4.69, 9.17) is 28.9 Å². The minimum atomic E-state index is 0.493. The van der Waals surface area contributed by atoms with Gasteiger partial charge in [0, 0.05) is 24.3 Å². The Labute approximate surface area is 127 Å². The van der Waals surface area contributed by atoms with Crippen molar-refractivity contribution in [2.45, 2.75) is 13.1 Å². The van der Waals surface area contributed by atoms with Gasteiger partial charge in [-0.3, -0.25) is 0 Å². The number of aromatic nitrogens is 1. The predicted octanol–water partition coefficient (Wildman–Crippen LogP) is 4.46. The van der Waals surface area contributed by atoms with Crippen LogP contribution in [0, 0.1) is 0 Å². The third-order valence-corrected chi connectivity index (χ3v) is 4.32. The van der Waals surface area contributed by atoms with Gasteiger partial charge in [0.25, 0.3) is 0 Å². The number of nitrogens with two attached hydrogens (primary N) is 1. The number of halogens is 2. The van der Waals surface area contributed by atoms with E-state index in [1.165, 1.54) is 5.39 Å². The van der Waals surface area contributed by atoms with Gasteiger partial charge in [0.2, 0.25) is 0 Å². The summed E-state index contributed by atoms with van der Waals surface area (Å²) in [4.78, 5) is 0. The van der Waals surface area contributed by atoms with E-state index in [2.05, 4.69) is 22.8 Å². The van der Waals surface area contributed by atoms with E-state index in [9.17, 15) is 0 Å². The zero-order valence-electron chi connectivity index (χ0n) is 10.8. The van der Waals surface area contributed by atoms with Crippen molar-refractivity contribution in [3.8, 4) is 0 Å². The number of para-hydroxylation sites is 1. The molecule has 3 rings (SSSR count). The Kier molecular flexibility index (Phi) is 3.70. The molecule has 1 aromatic heterocycles. The smallest absolute Gasteiger partial charge is 0.0642 e. The molecule has 0 aliphatic rings. The summed E-state index contributed by atoms with van der Waals surface area (Å²) in [5.41, 5.74) is 9.09. The fourth-order valence-corrected chi connectivity index (χ4v) is 2.84. The summed E-state index contributed by atoms with van der Waals surface area (Å²) in [6, 6.07) is 16.1. The van der Waals surface area contributed by atoms with Gasteiger partial charge in [-0.05, 0) is 29.1 Å². The van der Waals surface area contributed by atoms with Crippen molar-refractivity contribution in [2.24, 2.45) is 5.73 Å². The fraction of sp³-hybridized carbons (Fsp3) is 0.125. The molecular weight excluding hydrogens is 291 g/mol. The highest BCUT2D eigenvalue weighted by atomic mass is 35.5. The SMILES string of the molecule is NCc1cc2ccccc2n1Cc1cccc(Cl)c1Cl. The van der Waals surface area contributed by atoms with Crippen LogP contribution >= 0.6 is 23.2 Å². The lowest BCUT2D eigenvalue weighted by atomic mass is 10.2. The zero-order chi connectivity index (χ0) is 14.1. The molecule has 0 amide bonds. The molecule has 2 N–H and O–H groups in total. The fourth-order valence-electron chi connectivity index (χ4n) is 2.46. The van der Waals surface area contributed by atoms with E-state index in [1.54, 1.807) is 6.07 Å². The molecule has 2 aromatic carbocycles. The Bertz CT molecular complexity index is 762. The van der Waals surface area contributed by atoms with E-state index in [-0.39, 0.29) is 0 Å². The first-order valence-corrected chi connectivity index (χ1v) is 7.16. The second kappa shape index (κ2) is 5.49. The van der Waals surface area contributed by atoms with Crippen LogP contribution in [-0.2, 0) is 13.1 Å². The largest absolute Gasteiger partial charge is 0.339 e. The molecule has 0 radical (unpaired) electrons. The van der Waals surface area contributed by atoms with E-state index in [1.807, 2.05) is 24.3 Å². The maximum Gasteiger partial charge on any atom is 0.0642 e. The number of nitrogens with zero attached hydrogens (tertiary/aromatic N) is 1. The summed E-state index contributed by atoms with van der Waals surface area (Å²) in [6.45, 7) is 1.16. The maximum atomic E-state index is 6.28. The van der Waals surface area contributed by atoms with Gasteiger partial charge in [0.15, 0.2) is 0 Å². The number of fused-ring (bicyclic) bond motifs is 1. The van der Waals surface area contributed by atoms with Crippen LogP contribution in [0.5, 0.6) is 0 Å². The average molecular weight is 305 g/mol. The summed E-state index contributed by atoms with van der Waals surface area (Å²) in [5.74, 6) is 0. The van der Waals surface area contributed by atoms with Crippen LogP contribution in [0.25, 0.3) is 10.9 Å². The predicted molar refractivity (Wildman–Crippen MR) is 85.4 cm³/mol. The third kappa shape index (κ3) is 2.31. The first kappa shape index (κ1) is 13.5. The van der Waals surface area contributed by atoms with Gasteiger partial charge in [-0.1, -0.05) is 53.5 Å². The van der Waals surface area contributed by atoms with Crippen LogP contribution in [0.15, 0.2) is 48.5 Å². The number of hydrogen-bond donors (Lipinski definition) is 1. The van der Waals surface area contributed by atoms with Gasteiger partial charge < -0.3 is 10.3 Å². The van der Waals surface area contributed by atoms with Crippen LogP contribution in [-0.4, -0.2) is 4.57 Å². The normalized spacial score (nSPS) is 11.2. The molecule has 4 heteroatoms. The molecule has 0 saturated carbocycles. The standard InChI is InChI=1S/C16H14Cl2N2/c17-14-6-3-5-12(16(14)18)10-20-13(9-19)8-11-4-1-2-7-15(11)20/h1-8H,9-10,19H2. The third-order valence-electron chi connectivity index (χ3n) is 3.47. The van der Waals surface area contributed by atoms with Gasteiger partial charge in [-0.15, -0.1) is 0 Å². The second-order valence-corrected chi connectivity index (χ2v) is 5.48. The van der Waals surface area contributed by atoms with Crippen LogP contribution in [0.4, 0.5) is 0 Å². The quantitative estimate of drug-likeness (QED) is 0.761. The van der Waals surface area contributed by atoms with Gasteiger partial charge in [-0.2, -0.15) is 0 Å². The summed E-state index contributed by atoms with van der Waals surface area (Å²) in [7, 11) is 0. The first-order chi connectivity index (χ1) is 9.70. The lowest BCUT2D eigenvalue weighted by molar-refractivity contribution is 0.768. The first-order valence-electron chi connectivity index (χ1n) is 6.41. The molecule has 0 spiro atoms. The molecule has 0 atom stereocenters. The van der Waals surface area contributed by atoms with E-state index in [0.29, 0.717) is 23.1 Å². The average Bonchev–Trinajstić information content (AvgIpc) is 2.82. The Morgan fingerprint density at radius 2 is 1.80 bits per heavy atom. The maximum absolute atomic E-state index is 6.28. The Morgan fingerprint density at radius 1 is 1.00 bits per heavy atom. The van der Waals surface area contributed by atoms with Crippen molar-refractivity contribution >= 4 is 34.1 Å². The Morgan fingerprint density at radius 3 is 2.60 bits per heavy atom. The number of benzene rings is 2. The lowest BCUT2D eigenvalue weighted by Gasteiger charge is -2.12. The minimum absolute atomic E-state index is 0.493. The van der Waals surface area contributed by atoms with Gasteiger partial charge in [0.05, 0.1) is 10.0 Å². The highest BCUT2D eigenvalue weighted by Crippen LogP contribution is 2.28. The van der Waals surface area contributed by atoms with Gasteiger partial charge in [-0.25, -0.2) is 0 Å². The van der Waals surface area contributed by atoms with Crippen molar-refractivity contribution in [3.63, 3.8) is 0 Å². The monoisotopic (exact) mass is 304 g/mol. The molecule has 0 fully saturated rings. The van der Waals surface area contributed by atoms with Crippen molar-refractivity contribution in [3.05, 3.63) is 69.8 Å². The van der Waals surface area contributed by atoms with E-state index >= 15 is 0 Å². The molecule has 20 heavy (non-hydrogen) atoms. The van der Waals surface area contributed by atoms with Crippen molar-refractivity contribution in [2.75, 3.05) is 0 Å². The number of hydrogen-bond acceptors (Lipinski definition) is 1. The highest BCUT2D eigenvalue weighted by molar-refractivity contribution is 6.42. The Balaban J connectivity index is 2.12. The van der Waals surface area contributed by atoms with Crippen LogP contribution < -0.4 is 5.73 Å². The molecule has 102 valence electrons. The highest BCUT2D eigenvalue weighted by Gasteiger charge is 2.10. The minimum Gasteiger partial charge on any atom is -0.339 e. The molecule has 3 aromatic rings. The van der Waals surface area contributed by atoms with Crippen molar-refractivity contribution in [1.29, 1.82) is 0 Å². The van der Waals surface area contributed by atoms with Crippen molar-refractivity contribution in [1.82, 2.24) is 4.57 Å². The molecule has 2 nitrogen and oxygen atoms in total. The molecule has 0 aliphatic carbocycles. The van der Waals surface area contributed by atoms with E-state index in [0.717, 1.165) is 16.8 Å². The summed E-state index contributed by atoms with van der Waals surface area (Å²) in [5, 5.41) is 2.37. The Hall–Kier alpha value is -1.48. The van der Waals surface area contributed by atoms with E-state index < -0.39 is 0 Å². The van der Waals surface area contributed by atoms with Crippen LogP contribution in [0.2, 0.25) is 10.0 Å². The number of rotatable bonds is 3. The van der Waals surface area contributed by atoms with Crippen LogP contribution in [0.3, 0.4) is 0 Å². The van der Waals surface area contributed by atoms with Gasteiger partial charge in [0.1, 0.15) is 0 Å². The molecular formula is C16H14Cl2N2. The molecule has 0 aliphatic heterocycles. The van der Waals surface area contributed by atoms with Crippen LogP contribution in [0.1, 0.15) is 11.3 Å². The lowest BCUT2D eigenvalue weighted by Crippen LogP contribution is -2.08. The molecule has 0 unspecified atom stereocenters. The molecule has 0 saturated heterocycles. The topological polar surface area (TPSA) is 30.9 Å². The molecule has 1 heterocycles. The van der Waals surface area contributed by atoms with Crippen molar-refractivity contribution < 1.29 is 0 Å². The molecule has 0 bridgehead atoms. The van der Waals surface area contributed by atoms with Gasteiger partial charge >= 0.3 is 0 Å². The summed E-state index contributed by atoms with van der Waals surface area (Å²) in [6.07, 6.45) is 0.